The van der Waals surface area contributed by atoms with Crippen molar-refractivity contribution in [2.45, 2.75) is 12.4 Å². The summed E-state index contributed by atoms with van der Waals surface area (Å²) in [6.07, 6.45) is 0.506. The molecule has 0 radical (unpaired) electrons. The lowest BCUT2D eigenvalue weighted by Gasteiger charge is -2.06. The van der Waals surface area contributed by atoms with Crippen molar-refractivity contribution in [1.29, 1.82) is 0 Å². The number of carbonyl (C=O) groups excluding carboxylic acids is 1. The van der Waals surface area contributed by atoms with Crippen LogP contribution in [-0.2, 0) is 26.8 Å². The molecule has 0 spiro atoms. The number of carbonyl (C=O) groups is 1. The van der Waals surface area contributed by atoms with Crippen molar-refractivity contribution < 1.29 is 13.7 Å². The maximum Gasteiger partial charge on any atom is 0.442 e. The van der Waals surface area contributed by atoms with Crippen LogP contribution < -0.4 is 0 Å². The fraction of sp³-hybridized carbons (Fsp3) is 0.200. The minimum absolute atomic E-state index is 0.0232. The van der Waals surface area contributed by atoms with Gasteiger partial charge in [-0.15, -0.1) is 4.36 Å². The molecule has 0 N–H and O–H groups in total. The second-order valence-electron chi connectivity index (χ2n) is 4.86. The molecule has 1 unspecified atom stereocenters. The van der Waals surface area contributed by atoms with Crippen molar-refractivity contribution in [3.63, 3.8) is 0 Å². The van der Waals surface area contributed by atoms with E-state index in [1.165, 1.54) is 18.4 Å². The maximum absolute atomic E-state index is 12.4. The van der Waals surface area contributed by atoms with E-state index in [1.54, 1.807) is 0 Å². The summed E-state index contributed by atoms with van der Waals surface area (Å²) in [5.74, 6) is 0.0232. The first-order chi connectivity index (χ1) is 10.8. The molecule has 0 saturated carbocycles. The van der Waals surface area contributed by atoms with Gasteiger partial charge in [0.1, 0.15) is 16.9 Å². The molecule has 2 rings (SSSR count). The van der Waals surface area contributed by atoms with E-state index in [1.807, 2.05) is 30.3 Å². The normalized spacial score (nSPS) is 13.2. The van der Waals surface area contributed by atoms with E-state index in [-0.39, 0.29) is 22.7 Å². The maximum atomic E-state index is 12.4. The van der Waals surface area contributed by atoms with Crippen molar-refractivity contribution >= 4 is 39.0 Å². The van der Waals surface area contributed by atoms with Crippen molar-refractivity contribution in [2.24, 2.45) is 4.36 Å². The summed E-state index contributed by atoms with van der Waals surface area (Å²) < 4.78 is 21.1. The second-order valence-corrected chi connectivity index (χ2v) is 8.02. The van der Waals surface area contributed by atoms with Gasteiger partial charge in [-0.1, -0.05) is 53.5 Å². The van der Waals surface area contributed by atoms with Crippen LogP contribution in [0.15, 0.2) is 46.8 Å². The van der Waals surface area contributed by atoms with Gasteiger partial charge in [-0.3, -0.25) is 0 Å². The zero-order valence-corrected chi connectivity index (χ0v) is 14.6. The average molecular weight is 373 g/mol. The minimum Gasteiger partial charge on any atom is -0.443 e. The van der Waals surface area contributed by atoms with Gasteiger partial charge in [0, 0.05) is 6.26 Å². The fourth-order valence-electron chi connectivity index (χ4n) is 1.84. The zero-order chi connectivity index (χ0) is 16.9. The van der Waals surface area contributed by atoms with Gasteiger partial charge in [0.25, 0.3) is 0 Å². The molecule has 1 heterocycles. The second kappa shape index (κ2) is 7.77. The third-order valence-corrected chi connectivity index (χ3v) is 4.52. The van der Waals surface area contributed by atoms with Crippen molar-refractivity contribution in [3.8, 4) is 0 Å². The Morgan fingerprint density at radius 2 is 1.78 bits per heavy atom. The van der Waals surface area contributed by atoms with Crippen LogP contribution in [0.3, 0.4) is 0 Å². The first-order valence-electron chi connectivity index (χ1n) is 6.56. The van der Waals surface area contributed by atoms with Gasteiger partial charge in [-0.25, -0.2) is 14.0 Å². The van der Waals surface area contributed by atoms with E-state index in [0.29, 0.717) is 5.56 Å². The van der Waals surface area contributed by atoms with E-state index in [2.05, 4.69) is 9.35 Å². The summed E-state index contributed by atoms with van der Waals surface area (Å²) in [5, 5.41) is 0.378. The van der Waals surface area contributed by atoms with Gasteiger partial charge in [-0.2, -0.15) is 0 Å². The van der Waals surface area contributed by atoms with Crippen LogP contribution >= 0.6 is 23.2 Å². The van der Waals surface area contributed by atoms with Gasteiger partial charge in [0.2, 0.25) is 0 Å². The average Bonchev–Trinajstić information content (AvgIpc) is 2.44. The van der Waals surface area contributed by atoms with Crippen LogP contribution in [0.25, 0.3) is 0 Å². The van der Waals surface area contributed by atoms with Gasteiger partial charge >= 0.3 is 6.09 Å². The Labute approximate surface area is 144 Å². The zero-order valence-electron chi connectivity index (χ0n) is 12.2. The monoisotopic (exact) mass is 372 g/mol. The molecular weight excluding hydrogens is 359 g/mol. The Balaban J connectivity index is 2.04. The number of nitrogens with zero attached hydrogens (tertiary/aromatic N) is 2. The third-order valence-electron chi connectivity index (χ3n) is 2.73. The van der Waals surface area contributed by atoms with Gasteiger partial charge < -0.3 is 4.74 Å². The molecule has 2 aromatic rings. The van der Waals surface area contributed by atoms with Crippen LogP contribution in [0, 0.1) is 0 Å². The molecule has 5 nitrogen and oxygen atoms in total. The van der Waals surface area contributed by atoms with Crippen molar-refractivity contribution in [2.75, 3.05) is 6.26 Å². The van der Waals surface area contributed by atoms with Crippen molar-refractivity contribution in [1.82, 2.24) is 4.98 Å². The molecule has 0 aliphatic rings. The van der Waals surface area contributed by atoms with Crippen LogP contribution in [0.1, 0.15) is 11.1 Å². The van der Waals surface area contributed by atoms with Crippen LogP contribution in [0.4, 0.5) is 4.79 Å². The Bertz CT molecular complexity index is 798. The largest absolute Gasteiger partial charge is 0.443 e. The molecule has 23 heavy (non-hydrogen) atoms. The summed E-state index contributed by atoms with van der Waals surface area (Å²) >= 11 is 11.6. The lowest BCUT2D eigenvalue weighted by atomic mass is 10.2. The van der Waals surface area contributed by atoms with Crippen molar-refractivity contribution in [3.05, 3.63) is 63.9 Å². The summed E-state index contributed by atoms with van der Waals surface area (Å²) in [4.78, 5) is 15.5. The quantitative estimate of drug-likeness (QED) is 0.749. The smallest absolute Gasteiger partial charge is 0.442 e. The Morgan fingerprint density at radius 1 is 1.17 bits per heavy atom. The van der Waals surface area contributed by atoms with E-state index in [0.717, 1.165) is 5.56 Å². The SMILES string of the molecule is CS(=O)(Cc1cc(Cl)nc(Cl)c1)=NC(=O)OCc1ccccc1. The van der Waals surface area contributed by atoms with E-state index >= 15 is 0 Å². The fourth-order valence-corrected chi connectivity index (χ4v) is 3.57. The number of rotatable bonds is 4. The summed E-state index contributed by atoms with van der Waals surface area (Å²) in [6.45, 7) is 0.0750. The minimum atomic E-state index is -2.82. The number of benzene rings is 1. The summed E-state index contributed by atoms with van der Waals surface area (Å²) in [7, 11) is -2.82. The molecule has 1 amide bonds. The molecule has 1 aromatic carbocycles. The number of hydrogen-bond acceptors (Lipinski definition) is 4. The number of amides is 1. The topological polar surface area (TPSA) is 68.6 Å². The molecule has 0 aliphatic carbocycles. The number of pyridine rings is 1. The van der Waals surface area contributed by atoms with Crippen LogP contribution in [-0.4, -0.2) is 21.5 Å². The van der Waals surface area contributed by atoms with Crippen LogP contribution in [0.2, 0.25) is 10.3 Å². The van der Waals surface area contributed by atoms with E-state index < -0.39 is 15.8 Å². The molecule has 122 valence electrons. The summed E-state index contributed by atoms with van der Waals surface area (Å²) in [6, 6.07) is 12.2. The first-order valence-corrected chi connectivity index (χ1v) is 9.41. The third kappa shape index (κ3) is 6.17. The number of aromatic nitrogens is 1. The number of halogens is 2. The van der Waals surface area contributed by atoms with Gasteiger partial charge in [0.15, 0.2) is 0 Å². The van der Waals surface area contributed by atoms with E-state index in [9.17, 15) is 9.00 Å². The Hall–Kier alpha value is -1.63. The summed E-state index contributed by atoms with van der Waals surface area (Å²) in [5.41, 5.74) is 1.41. The molecule has 0 aliphatic heterocycles. The molecular formula is C15H14Cl2N2O3S. The Morgan fingerprint density at radius 3 is 2.39 bits per heavy atom. The molecule has 1 atom stereocenters. The predicted octanol–water partition coefficient (Wildman–Crippen LogP) is 4.32. The van der Waals surface area contributed by atoms with Crippen LogP contribution in [0.5, 0.6) is 0 Å². The Kier molecular flexibility index (Phi) is 5.98. The number of hydrogen-bond donors (Lipinski definition) is 0. The molecule has 0 saturated heterocycles. The lowest BCUT2D eigenvalue weighted by Crippen LogP contribution is -2.07. The molecule has 1 aromatic heterocycles. The highest BCUT2D eigenvalue weighted by atomic mass is 35.5. The molecule has 0 bridgehead atoms. The predicted molar refractivity (Wildman–Crippen MR) is 91.1 cm³/mol. The number of ether oxygens (including phenoxy) is 1. The van der Waals surface area contributed by atoms with E-state index in [4.69, 9.17) is 27.9 Å². The first kappa shape index (κ1) is 17.7. The van der Waals surface area contributed by atoms with Gasteiger partial charge in [-0.05, 0) is 23.3 Å². The highest BCUT2D eigenvalue weighted by Crippen LogP contribution is 2.17. The molecule has 0 fully saturated rings. The standard InChI is InChI=1S/C15H14Cl2N2O3S/c1-23(21,10-12-7-13(16)18-14(17)8-12)19-15(20)22-9-11-5-3-2-4-6-11/h2-8H,9-10H2,1H3. The highest BCUT2D eigenvalue weighted by molar-refractivity contribution is 7.92. The lowest BCUT2D eigenvalue weighted by molar-refractivity contribution is 0.151. The van der Waals surface area contributed by atoms with Gasteiger partial charge in [0.05, 0.1) is 15.5 Å². The highest BCUT2D eigenvalue weighted by Gasteiger charge is 2.10. The molecule has 8 heteroatoms.